The number of aliphatic hydroxyl groups is 2. The van der Waals surface area contributed by atoms with Crippen molar-refractivity contribution in [2.24, 2.45) is 0 Å². The maximum Gasteiger partial charge on any atom is 0.269 e. The monoisotopic (exact) mass is 323 g/mol. The van der Waals surface area contributed by atoms with Crippen LogP contribution in [-0.2, 0) is 0 Å². The van der Waals surface area contributed by atoms with Crippen molar-refractivity contribution in [2.45, 2.75) is 25.5 Å². The van der Waals surface area contributed by atoms with Gasteiger partial charge < -0.3 is 10.2 Å². The molecule has 0 radical (unpaired) electrons. The van der Waals surface area contributed by atoms with Crippen molar-refractivity contribution in [3.8, 4) is 0 Å². The van der Waals surface area contributed by atoms with Crippen LogP contribution in [0, 0.1) is 10.1 Å². The highest BCUT2D eigenvalue weighted by Crippen LogP contribution is 2.21. The summed E-state index contributed by atoms with van der Waals surface area (Å²) in [6.45, 7) is 6.07. The number of aliphatic hydroxyl groups excluding tert-OH is 2. The summed E-state index contributed by atoms with van der Waals surface area (Å²) in [6.07, 6.45) is 0.188. The first-order valence-corrected chi connectivity index (χ1v) is 8.04. The molecule has 0 aromatic heterocycles. The molecule has 7 nitrogen and oxygen atoms in total. The molecule has 7 heteroatoms. The van der Waals surface area contributed by atoms with Crippen LogP contribution >= 0.6 is 0 Å². The number of nitro groups is 1. The quantitative estimate of drug-likeness (QED) is 0.575. The zero-order valence-electron chi connectivity index (χ0n) is 13.5. The lowest BCUT2D eigenvalue weighted by molar-refractivity contribution is -0.385. The van der Waals surface area contributed by atoms with Gasteiger partial charge in [-0.05, 0) is 12.0 Å². The van der Waals surface area contributed by atoms with Crippen molar-refractivity contribution in [1.29, 1.82) is 0 Å². The van der Waals surface area contributed by atoms with Crippen LogP contribution in [0.25, 0.3) is 0 Å². The zero-order chi connectivity index (χ0) is 16.8. The number of nitrogens with zero attached hydrogens (tertiary/aromatic N) is 3. The number of benzene rings is 1. The van der Waals surface area contributed by atoms with Gasteiger partial charge in [0, 0.05) is 50.9 Å². The van der Waals surface area contributed by atoms with E-state index in [-0.39, 0.29) is 18.3 Å². The number of β-amino-alcohol motifs (C(OH)–C–C–N with tert-alkyl or cyclic N) is 1. The van der Waals surface area contributed by atoms with Crippen molar-refractivity contribution >= 4 is 5.69 Å². The lowest BCUT2D eigenvalue weighted by atomic mass is 10.1. The molecule has 23 heavy (non-hydrogen) atoms. The van der Waals surface area contributed by atoms with E-state index in [1.165, 1.54) is 12.1 Å². The van der Waals surface area contributed by atoms with Crippen molar-refractivity contribution in [3.63, 3.8) is 0 Å². The van der Waals surface area contributed by atoms with E-state index >= 15 is 0 Å². The Kier molecular flexibility index (Phi) is 6.47. The van der Waals surface area contributed by atoms with Crippen LogP contribution in [0.15, 0.2) is 24.3 Å². The van der Waals surface area contributed by atoms with Crippen molar-refractivity contribution in [1.82, 2.24) is 9.80 Å². The summed E-state index contributed by atoms with van der Waals surface area (Å²) < 4.78 is 0. The fraction of sp³-hybridized carbons (Fsp3) is 0.625. The van der Waals surface area contributed by atoms with E-state index in [1.807, 2.05) is 0 Å². The lowest BCUT2D eigenvalue weighted by Gasteiger charge is -2.39. The highest BCUT2D eigenvalue weighted by Gasteiger charge is 2.24. The van der Waals surface area contributed by atoms with E-state index in [9.17, 15) is 20.3 Å². The molecule has 1 aromatic rings. The topological polar surface area (TPSA) is 90.1 Å². The van der Waals surface area contributed by atoms with Crippen LogP contribution in [0.3, 0.4) is 0 Å². The molecule has 128 valence electrons. The Morgan fingerprint density at radius 1 is 1.30 bits per heavy atom. The SMILES string of the molecule is CCC(CO)N1CCN(CC(O)c2cccc([N+](=O)[O-])c2)CC1. The largest absolute Gasteiger partial charge is 0.395 e. The maximum absolute atomic E-state index is 10.8. The second-order valence-corrected chi connectivity index (χ2v) is 5.95. The van der Waals surface area contributed by atoms with Crippen LogP contribution in [-0.4, -0.2) is 70.3 Å². The number of hydrogen-bond acceptors (Lipinski definition) is 6. The Labute approximate surface area is 136 Å². The fourth-order valence-corrected chi connectivity index (χ4v) is 3.01. The third-order valence-electron chi connectivity index (χ3n) is 4.50. The van der Waals surface area contributed by atoms with Crippen molar-refractivity contribution < 1.29 is 15.1 Å². The first kappa shape index (κ1) is 17.8. The average molecular weight is 323 g/mol. The summed E-state index contributed by atoms with van der Waals surface area (Å²) >= 11 is 0. The highest BCUT2D eigenvalue weighted by atomic mass is 16.6. The van der Waals surface area contributed by atoms with Crippen LogP contribution in [0.5, 0.6) is 0 Å². The molecule has 1 fully saturated rings. The molecule has 2 atom stereocenters. The summed E-state index contributed by atoms with van der Waals surface area (Å²) in [6, 6.07) is 6.38. The minimum atomic E-state index is -0.735. The first-order chi connectivity index (χ1) is 11.0. The van der Waals surface area contributed by atoms with Gasteiger partial charge in [-0.15, -0.1) is 0 Å². The minimum Gasteiger partial charge on any atom is -0.395 e. The number of rotatable bonds is 7. The average Bonchev–Trinajstić information content (AvgIpc) is 2.57. The van der Waals surface area contributed by atoms with Gasteiger partial charge in [0.25, 0.3) is 5.69 Å². The van der Waals surface area contributed by atoms with Gasteiger partial charge in [-0.2, -0.15) is 0 Å². The first-order valence-electron chi connectivity index (χ1n) is 8.04. The fourth-order valence-electron chi connectivity index (χ4n) is 3.01. The molecule has 0 bridgehead atoms. The molecule has 0 saturated carbocycles. The second-order valence-electron chi connectivity index (χ2n) is 5.95. The summed E-state index contributed by atoms with van der Waals surface area (Å²) in [7, 11) is 0. The molecule has 2 N–H and O–H groups in total. The molecule has 1 aliphatic rings. The van der Waals surface area contributed by atoms with Crippen LogP contribution in [0.2, 0.25) is 0 Å². The third kappa shape index (κ3) is 4.71. The molecular weight excluding hydrogens is 298 g/mol. The standard InChI is InChI=1S/C16H25N3O4/c1-2-14(12-20)18-8-6-17(7-9-18)11-16(21)13-4-3-5-15(10-13)19(22)23/h3-5,10,14,16,20-21H,2,6-9,11-12H2,1H3. The lowest BCUT2D eigenvalue weighted by Crippen LogP contribution is -2.51. The molecule has 1 saturated heterocycles. The molecular formula is C16H25N3O4. The van der Waals surface area contributed by atoms with E-state index in [1.54, 1.807) is 12.1 Å². The van der Waals surface area contributed by atoms with E-state index < -0.39 is 11.0 Å². The van der Waals surface area contributed by atoms with E-state index in [0.29, 0.717) is 12.1 Å². The smallest absolute Gasteiger partial charge is 0.269 e. The van der Waals surface area contributed by atoms with Crippen molar-refractivity contribution in [2.75, 3.05) is 39.3 Å². The Balaban J connectivity index is 1.88. The van der Waals surface area contributed by atoms with Gasteiger partial charge in [0.1, 0.15) is 0 Å². The Bertz CT molecular complexity index is 514. The highest BCUT2D eigenvalue weighted by molar-refractivity contribution is 5.35. The van der Waals surface area contributed by atoms with E-state index in [4.69, 9.17) is 0 Å². The Morgan fingerprint density at radius 3 is 2.57 bits per heavy atom. The van der Waals surface area contributed by atoms with Crippen LogP contribution in [0.4, 0.5) is 5.69 Å². The molecule has 2 unspecified atom stereocenters. The number of nitro benzene ring substituents is 1. The maximum atomic E-state index is 10.8. The molecule has 0 aliphatic carbocycles. The zero-order valence-corrected chi connectivity index (χ0v) is 13.5. The van der Waals surface area contributed by atoms with Gasteiger partial charge in [0.05, 0.1) is 17.6 Å². The normalized spacial score (nSPS) is 19.4. The minimum absolute atomic E-state index is 0.0000951. The van der Waals surface area contributed by atoms with Gasteiger partial charge in [-0.25, -0.2) is 0 Å². The third-order valence-corrected chi connectivity index (χ3v) is 4.50. The van der Waals surface area contributed by atoms with Crippen LogP contribution < -0.4 is 0 Å². The molecule has 2 rings (SSSR count). The predicted molar refractivity (Wildman–Crippen MR) is 87.2 cm³/mol. The Hall–Kier alpha value is -1.54. The summed E-state index contributed by atoms with van der Waals surface area (Å²) in [4.78, 5) is 14.8. The predicted octanol–water partition coefficient (Wildman–Crippen LogP) is 1.02. The molecule has 0 amide bonds. The van der Waals surface area contributed by atoms with Crippen molar-refractivity contribution in [3.05, 3.63) is 39.9 Å². The number of non-ortho nitro benzene ring substituents is 1. The molecule has 1 aromatic carbocycles. The summed E-state index contributed by atoms with van der Waals surface area (Å²) in [5.41, 5.74) is 0.573. The van der Waals surface area contributed by atoms with Crippen LogP contribution in [0.1, 0.15) is 25.0 Å². The second kappa shape index (κ2) is 8.35. The molecule has 1 aliphatic heterocycles. The molecule has 0 spiro atoms. The number of hydrogen-bond donors (Lipinski definition) is 2. The van der Waals surface area contributed by atoms with Gasteiger partial charge in [-0.1, -0.05) is 19.1 Å². The van der Waals surface area contributed by atoms with Gasteiger partial charge in [0.15, 0.2) is 0 Å². The van der Waals surface area contributed by atoms with Gasteiger partial charge in [-0.3, -0.25) is 19.9 Å². The van der Waals surface area contributed by atoms with Gasteiger partial charge >= 0.3 is 0 Å². The van der Waals surface area contributed by atoms with E-state index in [0.717, 1.165) is 32.6 Å². The summed E-state index contributed by atoms with van der Waals surface area (Å²) in [5.74, 6) is 0. The van der Waals surface area contributed by atoms with Gasteiger partial charge in [0.2, 0.25) is 0 Å². The Morgan fingerprint density at radius 2 is 2.00 bits per heavy atom. The van der Waals surface area contributed by atoms with E-state index in [2.05, 4.69) is 16.7 Å². The summed E-state index contributed by atoms with van der Waals surface area (Å²) in [5, 5.41) is 30.5. The molecule has 1 heterocycles. The number of piperazine rings is 1.